The minimum Gasteiger partial charge on any atom is -0.398 e. The fraction of sp³-hybridized carbons (Fsp3) is 0.364. The van der Waals surface area contributed by atoms with E-state index in [1.54, 1.807) is 31.2 Å². The summed E-state index contributed by atoms with van der Waals surface area (Å²) in [5.41, 5.74) is 6.37. The number of sulfone groups is 1. The van der Waals surface area contributed by atoms with Gasteiger partial charge in [-0.15, -0.1) is 0 Å². The van der Waals surface area contributed by atoms with Crippen LogP contribution in [-0.4, -0.2) is 32.4 Å². The van der Waals surface area contributed by atoms with Gasteiger partial charge in [-0.1, -0.05) is 12.1 Å². The molecule has 0 aliphatic carbocycles. The molecule has 1 amide bonds. The largest absolute Gasteiger partial charge is 0.398 e. The van der Waals surface area contributed by atoms with E-state index >= 15 is 0 Å². The second kappa shape index (κ2) is 5.18. The Balaban J connectivity index is 2.71. The summed E-state index contributed by atoms with van der Waals surface area (Å²) in [5.74, 6) is -0.454. The number of nitrogens with two attached hydrogens (primary N) is 1. The van der Waals surface area contributed by atoms with E-state index in [1.165, 1.54) is 0 Å². The molecular weight excluding hydrogens is 240 g/mol. The molecule has 3 N–H and O–H groups in total. The van der Waals surface area contributed by atoms with Crippen molar-refractivity contribution in [2.24, 2.45) is 0 Å². The first-order valence-corrected chi connectivity index (χ1v) is 7.19. The first kappa shape index (κ1) is 13.5. The Morgan fingerprint density at radius 3 is 2.53 bits per heavy atom. The normalized spacial score (nSPS) is 13.1. The van der Waals surface area contributed by atoms with Crippen LogP contribution in [0.15, 0.2) is 24.3 Å². The molecule has 94 valence electrons. The number of hydrogen-bond donors (Lipinski definition) is 2. The molecule has 6 heteroatoms. The summed E-state index contributed by atoms with van der Waals surface area (Å²) in [6.07, 6.45) is 1.13. The lowest BCUT2D eigenvalue weighted by Gasteiger charge is -2.13. The van der Waals surface area contributed by atoms with E-state index in [0.717, 1.165) is 6.26 Å². The number of benzene rings is 1. The number of nitrogen functional groups attached to an aromatic ring is 1. The van der Waals surface area contributed by atoms with E-state index in [0.29, 0.717) is 11.3 Å². The molecule has 5 nitrogen and oxygen atoms in total. The van der Waals surface area contributed by atoms with Crippen molar-refractivity contribution >= 4 is 21.4 Å². The fourth-order valence-electron chi connectivity index (χ4n) is 1.50. The Morgan fingerprint density at radius 1 is 1.41 bits per heavy atom. The summed E-state index contributed by atoms with van der Waals surface area (Å²) < 4.78 is 22.1. The molecule has 0 fully saturated rings. The van der Waals surface area contributed by atoms with Crippen LogP contribution in [-0.2, 0) is 9.84 Å². The topological polar surface area (TPSA) is 89.3 Å². The second-order valence-corrected chi connectivity index (χ2v) is 6.24. The molecule has 1 atom stereocenters. The lowest BCUT2D eigenvalue weighted by Crippen LogP contribution is -2.37. The van der Waals surface area contributed by atoms with Crippen molar-refractivity contribution in [3.63, 3.8) is 0 Å². The number of carbonyl (C=O) groups is 1. The number of anilines is 1. The van der Waals surface area contributed by atoms with E-state index in [9.17, 15) is 13.2 Å². The SMILES string of the molecule is CC(CS(C)(=O)=O)NC(=O)c1ccccc1N. The van der Waals surface area contributed by atoms with E-state index in [4.69, 9.17) is 5.73 Å². The number of rotatable bonds is 4. The minimum atomic E-state index is -3.11. The van der Waals surface area contributed by atoms with E-state index in [1.807, 2.05) is 0 Å². The molecule has 0 spiro atoms. The zero-order valence-electron chi connectivity index (χ0n) is 9.80. The highest BCUT2D eigenvalue weighted by molar-refractivity contribution is 7.90. The average Bonchev–Trinajstić information content (AvgIpc) is 2.14. The third-order valence-corrected chi connectivity index (χ3v) is 3.24. The van der Waals surface area contributed by atoms with E-state index in [2.05, 4.69) is 5.32 Å². The van der Waals surface area contributed by atoms with Crippen molar-refractivity contribution < 1.29 is 13.2 Å². The van der Waals surface area contributed by atoms with Crippen LogP contribution >= 0.6 is 0 Å². The second-order valence-electron chi connectivity index (χ2n) is 4.05. The van der Waals surface area contributed by atoms with Crippen LogP contribution in [0.5, 0.6) is 0 Å². The van der Waals surface area contributed by atoms with Gasteiger partial charge in [0.2, 0.25) is 0 Å². The molecule has 0 saturated carbocycles. The van der Waals surface area contributed by atoms with Gasteiger partial charge in [-0.25, -0.2) is 8.42 Å². The van der Waals surface area contributed by atoms with Gasteiger partial charge >= 0.3 is 0 Å². The van der Waals surface area contributed by atoms with Crippen molar-refractivity contribution in [1.29, 1.82) is 0 Å². The highest BCUT2D eigenvalue weighted by Gasteiger charge is 2.15. The summed E-state index contributed by atoms with van der Waals surface area (Å²) in [5, 5.41) is 2.60. The van der Waals surface area contributed by atoms with Crippen LogP contribution < -0.4 is 11.1 Å². The van der Waals surface area contributed by atoms with Crippen molar-refractivity contribution in [1.82, 2.24) is 5.32 Å². The summed E-state index contributed by atoms with van der Waals surface area (Å²) in [6.45, 7) is 1.64. The van der Waals surface area contributed by atoms with Crippen molar-refractivity contribution in [3.05, 3.63) is 29.8 Å². The number of carbonyl (C=O) groups excluding carboxylic acids is 1. The number of para-hydroxylation sites is 1. The van der Waals surface area contributed by atoms with Crippen molar-refractivity contribution in [3.8, 4) is 0 Å². The lowest BCUT2D eigenvalue weighted by molar-refractivity contribution is 0.0944. The molecule has 0 radical (unpaired) electrons. The summed E-state index contributed by atoms with van der Waals surface area (Å²) >= 11 is 0. The number of amides is 1. The van der Waals surface area contributed by atoms with Gasteiger partial charge in [0, 0.05) is 18.0 Å². The van der Waals surface area contributed by atoms with Gasteiger partial charge in [0.15, 0.2) is 0 Å². The maximum atomic E-state index is 11.8. The van der Waals surface area contributed by atoms with E-state index in [-0.39, 0.29) is 11.7 Å². The van der Waals surface area contributed by atoms with Crippen LogP contribution in [0.4, 0.5) is 5.69 Å². The molecule has 17 heavy (non-hydrogen) atoms. The minimum absolute atomic E-state index is 0.0918. The quantitative estimate of drug-likeness (QED) is 0.765. The van der Waals surface area contributed by atoms with Gasteiger partial charge in [-0.05, 0) is 19.1 Å². The standard InChI is InChI=1S/C11H16N2O3S/c1-8(7-17(2,15)16)13-11(14)9-5-3-4-6-10(9)12/h3-6,8H,7,12H2,1-2H3,(H,13,14). The van der Waals surface area contributed by atoms with Crippen LogP contribution in [0.1, 0.15) is 17.3 Å². The highest BCUT2D eigenvalue weighted by Crippen LogP contribution is 2.10. The lowest BCUT2D eigenvalue weighted by atomic mass is 10.1. The molecule has 1 aromatic rings. The number of nitrogens with one attached hydrogen (secondary N) is 1. The molecule has 1 unspecified atom stereocenters. The van der Waals surface area contributed by atoms with Crippen LogP contribution in [0, 0.1) is 0 Å². The average molecular weight is 256 g/mol. The first-order chi connectivity index (χ1) is 7.79. The highest BCUT2D eigenvalue weighted by atomic mass is 32.2. The Bertz CT molecular complexity index is 511. The molecular formula is C11H16N2O3S. The molecule has 0 aliphatic heterocycles. The Labute approximate surface area is 101 Å². The monoisotopic (exact) mass is 256 g/mol. The third-order valence-electron chi connectivity index (χ3n) is 2.14. The molecule has 0 bridgehead atoms. The molecule has 1 aromatic carbocycles. The van der Waals surface area contributed by atoms with Gasteiger partial charge in [0.1, 0.15) is 9.84 Å². The fourth-order valence-corrected chi connectivity index (χ4v) is 2.49. The van der Waals surface area contributed by atoms with Crippen molar-refractivity contribution in [2.45, 2.75) is 13.0 Å². The predicted octanol–water partition coefficient (Wildman–Crippen LogP) is 0.432. The maximum Gasteiger partial charge on any atom is 0.253 e. The molecule has 1 rings (SSSR count). The summed E-state index contributed by atoms with van der Waals surface area (Å²) in [6, 6.07) is 6.20. The zero-order valence-corrected chi connectivity index (χ0v) is 10.6. The Morgan fingerprint density at radius 2 is 2.00 bits per heavy atom. The summed E-state index contributed by atoms with van der Waals surface area (Å²) in [7, 11) is -3.11. The van der Waals surface area contributed by atoms with Crippen LogP contribution in [0.3, 0.4) is 0 Å². The van der Waals surface area contributed by atoms with Gasteiger partial charge < -0.3 is 11.1 Å². The van der Waals surface area contributed by atoms with E-state index < -0.39 is 15.9 Å². The smallest absolute Gasteiger partial charge is 0.253 e. The molecule has 0 saturated heterocycles. The third kappa shape index (κ3) is 4.44. The predicted molar refractivity (Wildman–Crippen MR) is 67.5 cm³/mol. The number of hydrogen-bond acceptors (Lipinski definition) is 4. The molecule has 0 aromatic heterocycles. The Kier molecular flexibility index (Phi) is 4.11. The summed E-state index contributed by atoms with van der Waals surface area (Å²) in [4.78, 5) is 11.8. The van der Waals surface area contributed by atoms with Gasteiger partial charge in [-0.2, -0.15) is 0 Å². The van der Waals surface area contributed by atoms with Gasteiger partial charge in [0.25, 0.3) is 5.91 Å². The Hall–Kier alpha value is -1.56. The van der Waals surface area contributed by atoms with Crippen LogP contribution in [0.25, 0.3) is 0 Å². The first-order valence-electron chi connectivity index (χ1n) is 5.12. The zero-order chi connectivity index (χ0) is 13.1. The molecule has 0 aliphatic rings. The molecule has 0 heterocycles. The van der Waals surface area contributed by atoms with Gasteiger partial charge in [0.05, 0.1) is 11.3 Å². The maximum absolute atomic E-state index is 11.8. The van der Waals surface area contributed by atoms with Crippen molar-refractivity contribution in [2.75, 3.05) is 17.7 Å². The van der Waals surface area contributed by atoms with Crippen LogP contribution in [0.2, 0.25) is 0 Å². The van der Waals surface area contributed by atoms with Gasteiger partial charge in [-0.3, -0.25) is 4.79 Å².